The van der Waals surface area contributed by atoms with Crippen LogP contribution < -0.4 is 0 Å². The van der Waals surface area contributed by atoms with E-state index in [0.29, 0.717) is 6.42 Å². The Morgan fingerprint density at radius 1 is 1.47 bits per heavy atom. The van der Waals surface area contributed by atoms with E-state index >= 15 is 0 Å². The SMILES string of the molecule is CCC1(CO)CCCN1CCCCC#N. The van der Waals surface area contributed by atoms with Gasteiger partial charge in [0.25, 0.3) is 0 Å². The molecule has 86 valence electrons. The molecule has 1 heterocycles. The second kappa shape index (κ2) is 6.09. The fourth-order valence-corrected chi connectivity index (χ4v) is 2.54. The lowest BCUT2D eigenvalue weighted by molar-refractivity contribution is 0.0594. The van der Waals surface area contributed by atoms with E-state index in [1.807, 2.05) is 0 Å². The quantitative estimate of drug-likeness (QED) is 0.681. The molecule has 0 spiro atoms. The van der Waals surface area contributed by atoms with Crippen molar-refractivity contribution in [3.05, 3.63) is 0 Å². The summed E-state index contributed by atoms with van der Waals surface area (Å²) >= 11 is 0. The lowest BCUT2D eigenvalue weighted by atomic mass is 9.94. The molecule has 1 aliphatic rings. The number of hydrogen-bond donors (Lipinski definition) is 1. The van der Waals surface area contributed by atoms with E-state index in [4.69, 9.17) is 5.26 Å². The van der Waals surface area contributed by atoms with Crippen molar-refractivity contribution in [3.8, 4) is 6.07 Å². The lowest BCUT2D eigenvalue weighted by Gasteiger charge is -2.36. The predicted molar refractivity (Wildman–Crippen MR) is 60.4 cm³/mol. The summed E-state index contributed by atoms with van der Waals surface area (Å²) in [7, 11) is 0. The van der Waals surface area contributed by atoms with E-state index in [9.17, 15) is 5.11 Å². The number of aliphatic hydroxyl groups excluding tert-OH is 1. The van der Waals surface area contributed by atoms with Crippen molar-refractivity contribution in [1.82, 2.24) is 4.90 Å². The normalized spacial score (nSPS) is 26.7. The van der Waals surface area contributed by atoms with Crippen molar-refractivity contribution in [3.63, 3.8) is 0 Å². The van der Waals surface area contributed by atoms with Gasteiger partial charge in [0.05, 0.1) is 12.7 Å². The molecule has 0 saturated carbocycles. The summed E-state index contributed by atoms with van der Waals surface area (Å²) in [6.45, 7) is 4.59. The van der Waals surface area contributed by atoms with Gasteiger partial charge in [-0.05, 0) is 45.2 Å². The van der Waals surface area contributed by atoms with Gasteiger partial charge in [-0.1, -0.05) is 6.92 Å². The van der Waals surface area contributed by atoms with Crippen LogP contribution in [0.4, 0.5) is 0 Å². The Bertz CT molecular complexity index is 218. The Morgan fingerprint density at radius 2 is 2.27 bits per heavy atom. The minimum atomic E-state index is 0.0483. The molecule has 15 heavy (non-hydrogen) atoms. The summed E-state index contributed by atoms with van der Waals surface area (Å²) in [6, 6.07) is 2.17. The molecule has 0 bridgehead atoms. The molecule has 1 aliphatic heterocycles. The molecule has 1 N–H and O–H groups in total. The van der Waals surface area contributed by atoms with Crippen molar-refractivity contribution in [1.29, 1.82) is 5.26 Å². The first kappa shape index (κ1) is 12.5. The molecule has 1 rings (SSSR count). The highest BCUT2D eigenvalue weighted by atomic mass is 16.3. The molecule has 0 aromatic carbocycles. The smallest absolute Gasteiger partial charge is 0.0621 e. The van der Waals surface area contributed by atoms with Crippen LogP contribution in [-0.4, -0.2) is 35.2 Å². The number of nitrogens with zero attached hydrogens (tertiary/aromatic N) is 2. The van der Waals surface area contributed by atoms with Gasteiger partial charge in [0.15, 0.2) is 0 Å². The highest BCUT2D eigenvalue weighted by Crippen LogP contribution is 2.32. The number of nitriles is 1. The molecule has 3 nitrogen and oxygen atoms in total. The van der Waals surface area contributed by atoms with Crippen LogP contribution in [0.5, 0.6) is 0 Å². The van der Waals surface area contributed by atoms with Crippen LogP contribution in [0.3, 0.4) is 0 Å². The van der Waals surface area contributed by atoms with Gasteiger partial charge >= 0.3 is 0 Å². The van der Waals surface area contributed by atoms with Crippen LogP contribution in [-0.2, 0) is 0 Å². The summed E-state index contributed by atoms with van der Waals surface area (Å²) in [5.74, 6) is 0. The molecule has 1 fully saturated rings. The van der Waals surface area contributed by atoms with Gasteiger partial charge in [-0.15, -0.1) is 0 Å². The van der Waals surface area contributed by atoms with E-state index < -0.39 is 0 Å². The van der Waals surface area contributed by atoms with Crippen molar-refractivity contribution in [2.24, 2.45) is 0 Å². The Kier molecular flexibility index (Phi) is 5.07. The van der Waals surface area contributed by atoms with Gasteiger partial charge in [0.1, 0.15) is 0 Å². The molecule has 1 atom stereocenters. The summed E-state index contributed by atoms with van der Waals surface area (Å²) in [4.78, 5) is 2.42. The second-order valence-corrected chi connectivity index (χ2v) is 4.44. The standard InChI is InChI=1S/C12H22N2O/c1-2-12(11-15)7-6-10-14(12)9-5-3-4-8-13/h15H,2-7,9-11H2,1H3. The van der Waals surface area contributed by atoms with E-state index in [-0.39, 0.29) is 12.1 Å². The predicted octanol–water partition coefficient (Wildman–Crippen LogP) is 1.92. The van der Waals surface area contributed by atoms with Crippen molar-refractivity contribution in [2.45, 2.75) is 51.0 Å². The largest absolute Gasteiger partial charge is 0.394 e. The maximum atomic E-state index is 9.50. The third kappa shape index (κ3) is 2.93. The maximum absolute atomic E-state index is 9.50. The fourth-order valence-electron chi connectivity index (χ4n) is 2.54. The van der Waals surface area contributed by atoms with Gasteiger partial charge in [-0.3, -0.25) is 4.90 Å². The first-order valence-corrected chi connectivity index (χ1v) is 6.02. The molecule has 1 unspecified atom stereocenters. The first-order chi connectivity index (χ1) is 7.29. The summed E-state index contributed by atoms with van der Waals surface area (Å²) in [5.41, 5.74) is 0.0483. The Morgan fingerprint density at radius 3 is 2.87 bits per heavy atom. The van der Waals surface area contributed by atoms with Crippen LogP contribution >= 0.6 is 0 Å². The number of rotatable bonds is 6. The maximum Gasteiger partial charge on any atom is 0.0621 e. The lowest BCUT2D eigenvalue weighted by Crippen LogP contribution is -2.46. The van der Waals surface area contributed by atoms with E-state index in [1.54, 1.807) is 0 Å². The van der Waals surface area contributed by atoms with E-state index in [0.717, 1.165) is 38.8 Å². The first-order valence-electron chi connectivity index (χ1n) is 6.02. The Labute approximate surface area is 92.7 Å². The zero-order chi connectivity index (χ0) is 11.1. The molecule has 1 saturated heterocycles. The summed E-state index contributed by atoms with van der Waals surface area (Å²) in [6.07, 6.45) is 6.08. The van der Waals surface area contributed by atoms with E-state index in [1.165, 1.54) is 6.42 Å². The Hall–Kier alpha value is -0.590. The Balaban J connectivity index is 2.36. The third-order valence-electron chi connectivity index (χ3n) is 3.66. The fraction of sp³-hybridized carbons (Fsp3) is 0.917. The topological polar surface area (TPSA) is 47.3 Å². The van der Waals surface area contributed by atoms with Crippen LogP contribution in [0.15, 0.2) is 0 Å². The van der Waals surface area contributed by atoms with Gasteiger partial charge in [0.2, 0.25) is 0 Å². The van der Waals surface area contributed by atoms with Crippen LogP contribution in [0.2, 0.25) is 0 Å². The zero-order valence-corrected chi connectivity index (χ0v) is 9.71. The van der Waals surface area contributed by atoms with Gasteiger partial charge in [0, 0.05) is 12.0 Å². The molecular weight excluding hydrogens is 188 g/mol. The van der Waals surface area contributed by atoms with Crippen LogP contribution in [0.1, 0.15) is 45.4 Å². The van der Waals surface area contributed by atoms with Crippen molar-refractivity contribution < 1.29 is 5.11 Å². The number of unbranched alkanes of at least 4 members (excludes halogenated alkanes) is 2. The molecule has 0 radical (unpaired) electrons. The highest BCUT2D eigenvalue weighted by Gasteiger charge is 2.37. The molecule has 0 aromatic heterocycles. The summed E-state index contributed by atoms with van der Waals surface area (Å²) < 4.78 is 0. The van der Waals surface area contributed by atoms with Gasteiger partial charge in [-0.25, -0.2) is 0 Å². The zero-order valence-electron chi connectivity index (χ0n) is 9.71. The van der Waals surface area contributed by atoms with Gasteiger partial charge < -0.3 is 5.11 Å². The van der Waals surface area contributed by atoms with E-state index in [2.05, 4.69) is 17.9 Å². The number of hydrogen-bond acceptors (Lipinski definition) is 3. The minimum absolute atomic E-state index is 0.0483. The average Bonchev–Trinajstić information content (AvgIpc) is 2.68. The molecule has 3 heteroatoms. The van der Waals surface area contributed by atoms with Crippen LogP contribution in [0.25, 0.3) is 0 Å². The molecule has 0 aliphatic carbocycles. The van der Waals surface area contributed by atoms with Gasteiger partial charge in [-0.2, -0.15) is 5.26 Å². The second-order valence-electron chi connectivity index (χ2n) is 4.44. The number of aliphatic hydroxyl groups is 1. The van der Waals surface area contributed by atoms with Crippen molar-refractivity contribution in [2.75, 3.05) is 19.7 Å². The van der Waals surface area contributed by atoms with Crippen LogP contribution in [0, 0.1) is 11.3 Å². The molecule has 0 aromatic rings. The number of likely N-dealkylation sites (tertiary alicyclic amines) is 1. The van der Waals surface area contributed by atoms with Crippen molar-refractivity contribution >= 4 is 0 Å². The third-order valence-corrected chi connectivity index (χ3v) is 3.66. The minimum Gasteiger partial charge on any atom is -0.394 e. The highest BCUT2D eigenvalue weighted by molar-refractivity contribution is 4.94. The molecular formula is C12H22N2O. The summed E-state index contributed by atoms with van der Waals surface area (Å²) in [5, 5.41) is 17.9. The molecule has 0 amide bonds. The monoisotopic (exact) mass is 210 g/mol. The average molecular weight is 210 g/mol.